The van der Waals surface area contributed by atoms with Crippen LogP contribution in [-0.2, 0) is 27.4 Å². The molecule has 3 aromatic rings. The van der Waals surface area contributed by atoms with Crippen LogP contribution in [0.3, 0.4) is 0 Å². The van der Waals surface area contributed by atoms with Gasteiger partial charge < -0.3 is 34.3 Å². The highest BCUT2D eigenvalue weighted by Gasteiger charge is 2.13. The number of methoxy groups -OCH3 is 2. The van der Waals surface area contributed by atoms with Crippen molar-refractivity contribution in [2.45, 2.75) is 20.0 Å². The third-order valence-corrected chi connectivity index (χ3v) is 4.68. The number of hydrogen-bond acceptors (Lipinski definition) is 7. The van der Waals surface area contributed by atoms with Crippen molar-refractivity contribution >= 4 is 17.9 Å². The quantitative estimate of drug-likeness (QED) is 0.366. The van der Waals surface area contributed by atoms with Gasteiger partial charge in [0.2, 0.25) is 5.95 Å². The van der Waals surface area contributed by atoms with Gasteiger partial charge in [-0.2, -0.15) is 0 Å². The van der Waals surface area contributed by atoms with Gasteiger partial charge >= 0.3 is 11.9 Å². The van der Waals surface area contributed by atoms with Crippen molar-refractivity contribution in [3.63, 3.8) is 0 Å². The Hall–Kier alpha value is -4.12. The number of aliphatic carboxylic acids is 2. The average Bonchev–Trinajstić information content (AvgIpc) is 3.25. The van der Waals surface area contributed by atoms with E-state index in [0.717, 1.165) is 22.6 Å². The summed E-state index contributed by atoms with van der Waals surface area (Å²) < 4.78 is 31.5. The van der Waals surface area contributed by atoms with Crippen LogP contribution in [0.1, 0.15) is 12.5 Å². The predicted octanol–water partition coefficient (Wildman–Crippen LogP) is 3.51. The van der Waals surface area contributed by atoms with Crippen molar-refractivity contribution in [1.82, 2.24) is 9.55 Å². The maximum absolute atomic E-state index is 13.3. The molecular formula is C24H28FN3O7. The Bertz CT molecular complexity index is 1100. The van der Waals surface area contributed by atoms with Crippen molar-refractivity contribution in [3.8, 4) is 22.8 Å². The number of carboxylic acids is 2. The van der Waals surface area contributed by atoms with E-state index < -0.39 is 11.9 Å². The van der Waals surface area contributed by atoms with Gasteiger partial charge in [0.25, 0.3) is 0 Å². The molecule has 0 radical (unpaired) electrons. The standard InChI is InChI=1S/C22H26FN3O3.C2H2O4/c1-4-29-20-10-5-16(13-21(20)28-3)14-24-22-25-15-19(26(22)11-12-27-2)17-6-8-18(23)9-7-17;3-1(4)2(5)6/h5-10,13,15H,4,11-12,14H2,1-3H3,(H,24,25);(H,3,4)(H,5,6). The number of benzene rings is 2. The first-order valence-electron chi connectivity index (χ1n) is 10.6. The Morgan fingerprint density at radius 2 is 1.74 bits per heavy atom. The zero-order chi connectivity index (χ0) is 25.8. The summed E-state index contributed by atoms with van der Waals surface area (Å²) in [5.41, 5.74) is 2.83. The van der Waals surface area contributed by atoms with Gasteiger partial charge in [-0.1, -0.05) is 6.07 Å². The second-order valence-electron chi connectivity index (χ2n) is 7.00. The van der Waals surface area contributed by atoms with Crippen LogP contribution in [-0.4, -0.2) is 59.1 Å². The molecule has 11 heteroatoms. The summed E-state index contributed by atoms with van der Waals surface area (Å²) in [6.07, 6.45) is 1.78. The number of ether oxygens (including phenoxy) is 3. The molecular weight excluding hydrogens is 461 g/mol. The molecule has 0 aliphatic carbocycles. The summed E-state index contributed by atoms with van der Waals surface area (Å²) in [5.74, 6) is -1.78. The molecule has 0 fully saturated rings. The summed E-state index contributed by atoms with van der Waals surface area (Å²) in [6, 6.07) is 12.2. The molecule has 188 valence electrons. The summed E-state index contributed by atoms with van der Waals surface area (Å²) in [6.45, 7) is 4.24. The number of rotatable bonds is 10. The van der Waals surface area contributed by atoms with Gasteiger partial charge in [-0.15, -0.1) is 0 Å². The third kappa shape index (κ3) is 8.00. The summed E-state index contributed by atoms with van der Waals surface area (Å²) in [4.78, 5) is 22.7. The predicted molar refractivity (Wildman–Crippen MR) is 126 cm³/mol. The summed E-state index contributed by atoms with van der Waals surface area (Å²) in [7, 11) is 3.29. The highest BCUT2D eigenvalue weighted by atomic mass is 19.1. The smallest absolute Gasteiger partial charge is 0.414 e. The monoisotopic (exact) mass is 489 g/mol. The van der Waals surface area contributed by atoms with Crippen LogP contribution in [0.2, 0.25) is 0 Å². The van der Waals surface area contributed by atoms with Crippen LogP contribution >= 0.6 is 0 Å². The zero-order valence-electron chi connectivity index (χ0n) is 19.7. The van der Waals surface area contributed by atoms with Crippen LogP contribution in [0.25, 0.3) is 11.3 Å². The molecule has 0 unspecified atom stereocenters. The molecule has 3 rings (SSSR count). The SMILES string of the molecule is CCOc1ccc(CNc2ncc(-c3ccc(F)cc3)n2CCOC)cc1OC.O=C(O)C(=O)O. The van der Waals surface area contributed by atoms with Crippen molar-refractivity contribution in [2.75, 3.05) is 32.8 Å². The van der Waals surface area contributed by atoms with Crippen LogP contribution in [0.5, 0.6) is 11.5 Å². The fourth-order valence-corrected chi connectivity index (χ4v) is 3.05. The lowest BCUT2D eigenvalue weighted by molar-refractivity contribution is -0.159. The van der Waals surface area contributed by atoms with E-state index >= 15 is 0 Å². The molecule has 0 bridgehead atoms. The van der Waals surface area contributed by atoms with Crippen molar-refractivity contribution in [2.24, 2.45) is 0 Å². The first-order chi connectivity index (χ1) is 16.8. The number of halogens is 1. The van der Waals surface area contributed by atoms with E-state index in [0.29, 0.717) is 38.0 Å². The normalized spacial score (nSPS) is 10.2. The van der Waals surface area contributed by atoms with E-state index in [1.807, 2.05) is 29.7 Å². The first kappa shape index (κ1) is 27.1. The topological polar surface area (TPSA) is 132 Å². The minimum Gasteiger partial charge on any atom is -0.493 e. The Morgan fingerprint density at radius 1 is 1.06 bits per heavy atom. The molecule has 3 N–H and O–H groups in total. The lowest BCUT2D eigenvalue weighted by Crippen LogP contribution is -2.12. The second-order valence-corrected chi connectivity index (χ2v) is 7.00. The Balaban J connectivity index is 0.000000641. The zero-order valence-corrected chi connectivity index (χ0v) is 19.7. The van der Waals surface area contributed by atoms with Crippen molar-refractivity contribution < 1.29 is 38.4 Å². The summed E-state index contributed by atoms with van der Waals surface area (Å²) >= 11 is 0. The molecule has 0 spiro atoms. The molecule has 1 heterocycles. The fourth-order valence-electron chi connectivity index (χ4n) is 3.05. The maximum Gasteiger partial charge on any atom is 0.414 e. The molecule has 0 saturated heterocycles. The van der Waals surface area contributed by atoms with Gasteiger partial charge in [-0.25, -0.2) is 19.0 Å². The minimum absolute atomic E-state index is 0.264. The average molecular weight is 490 g/mol. The lowest BCUT2D eigenvalue weighted by Gasteiger charge is -2.14. The number of hydrogen-bond donors (Lipinski definition) is 3. The van der Waals surface area contributed by atoms with Crippen LogP contribution in [0, 0.1) is 5.82 Å². The number of carbonyl (C=O) groups is 2. The maximum atomic E-state index is 13.3. The van der Waals surface area contributed by atoms with Crippen molar-refractivity contribution in [1.29, 1.82) is 0 Å². The van der Waals surface area contributed by atoms with Gasteiger partial charge in [0, 0.05) is 25.8 Å². The second kappa shape index (κ2) is 13.6. The molecule has 0 atom stereocenters. The number of imidazole rings is 1. The minimum atomic E-state index is -1.82. The molecule has 1 aromatic heterocycles. The van der Waals surface area contributed by atoms with Gasteiger partial charge in [-0.05, 0) is 48.9 Å². The number of anilines is 1. The molecule has 0 aliphatic heterocycles. The number of carboxylic acid groups (broad SMARTS) is 2. The number of nitrogens with zero attached hydrogens (tertiary/aromatic N) is 2. The Kier molecular flexibility index (Phi) is 10.5. The van der Waals surface area contributed by atoms with E-state index in [4.69, 9.17) is 34.0 Å². The molecule has 2 aromatic carbocycles. The van der Waals surface area contributed by atoms with E-state index in [2.05, 4.69) is 10.3 Å². The number of aromatic nitrogens is 2. The molecule has 0 amide bonds. The largest absolute Gasteiger partial charge is 0.493 e. The third-order valence-electron chi connectivity index (χ3n) is 4.68. The van der Waals surface area contributed by atoms with Gasteiger partial charge in [0.05, 0.1) is 32.2 Å². The summed E-state index contributed by atoms with van der Waals surface area (Å²) in [5, 5.41) is 18.2. The van der Waals surface area contributed by atoms with E-state index in [1.165, 1.54) is 12.1 Å². The van der Waals surface area contributed by atoms with Gasteiger partial charge in [0.1, 0.15) is 5.82 Å². The highest BCUT2D eigenvalue weighted by Crippen LogP contribution is 2.29. The van der Waals surface area contributed by atoms with E-state index in [-0.39, 0.29) is 5.82 Å². The van der Waals surface area contributed by atoms with Crippen LogP contribution < -0.4 is 14.8 Å². The van der Waals surface area contributed by atoms with Crippen LogP contribution in [0.4, 0.5) is 10.3 Å². The first-order valence-corrected chi connectivity index (χ1v) is 10.6. The molecule has 35 heavy (non-hydrogen) atoms. The molecule has 10 nitrogen and oxygen atoms in total. The Labute approximate surface area is 201 Å². The highest BCUT2D eigenvalue weighted by molar-refractivity contribution is 6.27. The molecule has 0 aliphatic rings. The van der Waals surface area contributed by atoms with E-state index in [9.17, 15) is 4.39 Å². The lowest BCUT2D eigenvalue weighted by atomic mass is 10.1. The Morgan fingerprint density at radius 3 is 2.31 bits per heavy atom. The van der Waals surface area contributed by atoms with Gasteiger partial charge in [0.15, 0.2) is 11.5 Å². The molecule has 0 saturated carbocycles. The number of nitrogens with one attached hydrogen (secondary N) is 1. The van der Waals surface area contributed by atoms with E-state index in [1.54, 1.807) is 32.5 Å². The van der Waals surface area contributed by atoms with Crippen LogP contribution in [0.15, 0.2) is 48.7 Å². The fraction of sp³-hybridized carbons (Fsp3) is 0.292. The van der Waals surface area contributed by atoms with Gasteiger partial charge in [-0.3, -0.25) is 0 Å². The van der Waals surface area contributed by atoms with Crippen molar-refractivity contribution in [3.05, 3.63) is 60.0 Å².